The van der Waals surface area contributed by atoms with Gasteiger partial charge >= 0.3 is 0 Å². The maximum absolute atomic E-state index is 12.4. The molecule has 0 aliphatic heterocycles. The first-order chi connectivity index (χ1) is 13.7. The van der Waals surface area contributed by atoms with Crippen LogP contribution in [0.4, 0.5) is 0 Å². The van der Waals surface area contributed by atoms with E-state index >= 15 is 0 Å². The number of hydrogen-bond donors (Lipinski definition) is 1. The smallest absolute Gasteiger partial charge is 0.249 e. The number of carbonyl (C=O) groups is 1. The molecule has 0 heterocycles. The minimum Gasteiger partial charge on any atom is -0.493 e. The number of ether oxygens (including phenoxy) is 3. The highest BCUT2D eigenvalue weighted by molar-refractivity contribution is 5.80. The van der Waals surface area contributed by atoms with Crippen LogP contribution in [0.5, 0.6) is 11.5 Å². The van der Waals surface area contributed by atoms with E-state index in [0.29, 0.717) is 30.9 Å². The Morgan fingerprint density at radius 3 is 2.54 bits per heavy atom. The Bertz CT molecular complexity index is 783. The van der Waals surface area contributed by atoms with Crippen LogP contribution in [0.15, 0.2) is 48.5 Å². The SMILES string of the molecule is C#CCOc1ccc(CCNC(=O)C(CCc2ccccc2)OC)cc1OC. The Labute approximate surface area is 167 Å². The Balaban J connectivity index is 1.82. The van der Waals surface area contributed by atoms with Crippen LogP contribution in [-0.4, -0.2) is 39.4 Å². The summed E-state index contributed by atoms with van der Waals surface area (Å²) < 4.78 is 16.1. The first-order valence-corrected chi connectivity index (χ1v) is 9.25. The van der Waals surface area contributed by atoms with E-state index in [-0.39, 0.29) is 12.5 Å². The third kappa shape index (κ3) is 6.64. The van der Waals surface area contributed by atoms with Crippen molar-refractivity contribution in [1.29, 1.82) is 0 Å². The summed E-state index contributed by atoms with van der Waals surface area (Å²) in [6.45, 7) is 0.699. The lowest BCUT2D eigenvalue weighted by molar-refractivity contribution is -0.131. The van der Waals surface area contributed by atoms with Crippen molar-refractivity contribution < 1.29 is 19.0 Å². The number of amides is 1. The van der Waals surface area contributed by atoms with Gasteiger partial charge in [-0.15, -0.1) is 6.42 Å². The zero-order chi connectivity index (χ0) is 20.2. The second-order valence-corrected chi connectivity index (χ2v) is 6.27. The van der Waals surface area contributed by atoms with Gasteiger partial charge in [0.05, 0.1) is 7.11 Å². The fourth-order valence-corrected chi connectivity index (χ4v) is 2.85. The van der Waals surface area contributed by atoms with E-state index < -0.39 is 6.10 Å². The minimum atomic E-state index is -0.464. The van der Waals surface area contributed by atoms with E-state index in [0.717, 1.165) is 12.0 Å². The van der Waals surface area contributed by atoms with Crippen molar-refractivity contribution in [2.24, 2.45) is 0 Å². The number of terminal acetylenes is 1. The molecule has 28 heavy (non-hydrogen) atoms. The highest BCUT2D eigenvalue weighted by atomic mass is 16.5. The zero-order valence-corrected chi connectivity index (χ0v) is 16.4. The molecular formula is C23H27NO4. The van der Waals surface area contributed by atoms with Crippen LogP contribution in [-0.2, 0) is 22.4 Å². The molecule has 1 unspecified atom stereocenters. The number of hydrogen-bond acceptors (Lipinski definition) is 4. The van der Waals surface area contributed by atoms with Gasteiger partial charge in [-0.05, 0) is 42.5 Å². The second kappa shape index (κ2) is 11.7. The van der Waals surface area contributed by atoms with E-state index in [1.165, 1.54) is 5.56 Å². The molecule has 0 fully saturated rings. The third-order valence-electron chi connectivity index (χ3n) is 4.37. The molecule has 0 spiro atoms. The Morgan fingerprint density at radius 2 is 1.86 bits per heavy atom. The zero-order valence-electron chi connectivity index (χ0n) is 16.4. The van der Waals surface area contributed by atoms with Gasteiger partial charge in [0, 0.05) is 13.7 Å². The fraction of sp³-hybridized carbons (Fsp3) is 0.348. The molecule has 0 saturated heterocycles. The predicted molar refractivity (Wildman–Crippen MR) is 110 cm³/mol. The van der Waals surface area contributed by atoms with Crippen molar-refractivity contribution >= 4 is 5.91 Å². The fourth-order valence-electron chi connectivity index (χ4n) is 2.85. The van der Waals surface area contributed by atoms with Gasteiger partial charge in [-0.1, -0.05) is 42.3 Å². The maximum Gasteiger partial charge on any atom is 0.249 e. The van der Waals surface area contributed by atoms with Gasteiger partial charge < -0.3 is 19.5 Å². The van der Waals surface area contributed by atoms with Gasteiger partial charge in [-0.3, -0.25) is 4.79 Å². The summed E-state index contributed by atoms with van der Waals surface area (Å²) in [5.41, 5.74) is 2.22. The Kier molecular flexibility index (Phi) is 8.90. The maximum atomic E-state index is 12.4. The van der Waals surface area contributed by atoms with Crippen molar-refractivity contribution in [3.05, 3.63) is 59.7 Å². The van der Waals surface area contributed by atoms with Gasteiger partial charge in [0.15, 0.2) is 11.5 Å². The van der Waals surface area contributed by atoms with Gasteiger partial charge in [0.1, 0.15) is 12.7 Å². The monoisotopic (exact) mass is 381 g/mol. The van der Waals surface area contributed by atoms with E-state index in [1.54, 1.807) is 14.2 Å². The molecule has 1 amide bonds. The lowest BCUT2D eigenvalue weighted by atomic mass is 10.1. The van der Waals surface area contributed by atoms with E-state index in [4.69, 9.17) is 20.6 Å². The number of rotatable bonds is 11. The summed E-state index contributed by atoms with van der Waals surface area (Å²) in [6.07, 6.45) is 6.86. The number of nitrogens with one attached hydrogen (secondary N) is 1. The molecule has 1 N–H and O–H groups in total. The average molecular weight is 381 g/mol. The van der Waals surface area contributed by atoms with Crippen LogP contribution in [0.1, 0.15) is 17.5 Å². The predicted octanol–water partition coefficient (Wildman–Crippen LogP) is 3.01. The van der Waals surface area contributed by atoms with Crippen molar-refractivity contribution in [2.45, 2.75) is 25.4 Å². The van der Waals surface area contributed by atoms with E-state index in [2.05, 4.69) is 23.4 Å². The van der Waals surface area contributed by atoms with Gasteiger partial charge in [-0.25, -0.2) is 0 Å². The lowest BCUT2D eigenvalue weighted by Gasteiger charge is -2.16. The Morgan fingerprint density at radius 1 is 1.07 bits per heavy atom. The summed E-state index contributed by atoms with van der Waals surface area (Å²) in [5, 5.41) is 2.94. The standard InChI is InChI=1S/C23H27NO4/c1-4-16-28-20-12-11-19(17-22(20)27-3)14-15-24-23(25)21(26-2)13-10-18-8-6-5-7-9-18/h1,5-9,11-12,17,21H,10,13-16H2,2-3H3,(H,24,25). The lowest BCUT2D eigenvalue weighted by Crippen LogP contribution is -2.37. The van der Waals surface area contributed by atoms with Crippen LogP contribution >= 0.6 is 0 Å². The number of carbonyl (C=O) groups excluding carboxylic acids is 1. The molecule has 148 valence electrons. The molecule has 5 heteroatoms. The summed E-state index contributed by atoms with van der Waals surface area (Å²) >= 11 is 0. The molecule has 0 saturated carbocycles. The van der Waals surface area contributed by atoms with E-state index in [1.807, 2.05) is 36.4 Å². The van der Waals surface area contributed by atoms with Gasteiger partial charge in [0.2, 0.25) is 5.91 Å². The number of benzene rings is 2. The molecule has 2 rings (SSSR count). The van der Waals surface area contributed by atoms with Crippen LogP contribution in [0, 0.1) is 12.3 Å². The van der Waals surface area contributed by atoms with E-state index in [9.17, 15) is 4.79 Å². The third-order valence-corrected chi connectivity index (χ3v) is 4.37. The van der Waals surface area contributed by atoms with Gasteiger partial charge in [-0.2, -0.15) is 0 Å². The Hall–Kier alpha value is -2.97. The first-order valence-electron chi connectivity index (χ1n) is 9.25. The number of methoxy groups -OCH3 is 2. The van der Waals surface area contributed by atoms with Crippen LogP contribution in [0.2, 0.25) is 0 Å². The van der Waals surface area contributed by atoms with Gasteiger partial charge in [0.25, 0.3) is 0 Å². The second-order valence-electron chi connectivity index (χ2n) is 6.27. The molecule has 2 aromatic carbocycles. The quantitative estimate of drug-likeness (QED) is 0.608. The van der Waals surface area contributed by atoms with Crippen LogP contribution in [0.25, 0.3) is 0 Å². The van der Waals surface area contributed by atoms with Crippen LogP contribution < -0.4 is 14.8 Å². The summed E-state index contributed by atoms with van der Waals surface area (Å²) in [6, 6.07) is 15.7. The molecule has 1 atom stereocenters. The molecule has 0 aliphatic carbocycles. The van der Waals surface area contributed by atoms with Crippen molar-refractivity contribution in [3.8, 4) is 23.8 Å². The molecule has 0 bridgehead atoms. The topological polar surface area (TPSA) is 56.8 Å². The molecular weight excluding hydrogens is 354 g/mol. The van der Waals surface area contributed by atoms with Crippen molar-refractivity contribution in [2.75, 3.05) is 27.4 Å². The van der Waals surface area contributed by atoms with Crippen LogP contribution in [0.3, 0.4) is 0 Å². The average Bonchev–Trinajstić information content (AvgIpc) is 2.73. The highest BCUT2D eigenvalue weighted by Gasteiger charge is 2.17. The molecule has 2 aromatic rings. The first kappa shape index (κ1) is 21.3. The molecule has 0 radical (unpaired) electrons. The number of aryl methyl sites for hydroxylation is 1. The normalized spacial score (nSPS) is 11.3. The largest absolute Gasteiger partial charge is 0.493 e. The van der Waals surface area contributed by atoms with Crippen molar-refractivity contribution in [1.82, 2.24) is 5.32 Å². The summed E-state index contributed by atoms with van der Waals surface area (Å²) in [5.74, 6) is 3.56. The molecule has 0 aliphatic rings. The summed E-state index contributed by atoms with van der Waals surface area (Å²) in [7, 11) is 3.15. The highest BCUT2D eigenvalue weighted by Crippen LogP contribution is 2.28. The molecule has 0 aromatic heterocycles. The van der Waals surface area contributed by atoms with Crippen molar-refractivity contribution in [3.63, 3.8) is 0 Å². The minimum absolute atomic E-state index is 0.0978. The molecule has 5 nitrogen and oxygen atoms in total. The summed E-state index contributed by atoms with van der Waals surface area (Å²) in [4.78, 5) is 12.4.